The molecule has 0 aliphatic carbocycles. The van der Waals surface area contributed by atoms with Gasteiger partial charge in [0.25, 0.3) is 0 Å². The first-order chi connectivity index (χ1) is 14.2. The molecule has 1 amide bonds. The van der Waals surface area contributed by atoms with E-state index in [2.05, 4.69) is 33.4 Å². The van der Waals surface area contributed by atoms with Crippen LogP contribution < -0.4 is 5.32 Å². The molecule has 8 heteroatoms. The highest BCUT2D eigenvalue weighted by molar-refractivity contribution is 7.15. The standard InChI is InChI=1S/C21H30N6OS/c1-2-19-24-25-21(29-19)23-18-9-5-8-17(22-18)16-7-6-13-27(15-16)20(28)10-14-26-11-3-4-12-26/h5,8-9,16H,2-4,6-7,10-15H2,1H3,(H,22,23,25). The Balaban J connectivity index is 1.35. The summed E-state index contributed by atoms with van der Waals surface area (Å²) in [5.74, 6) is 1.37. The fourth-order valence-corrected chi connectivity index (χ4v) is 4.85. The number of amides is 1. The molecular weight excluding hydrogens is 384 g/mol. The summed E-state index contributed by atoms with van der Waals surface area (Å²) in [7, 11) is 0. The van der Waals surface area contributed by atoms with Gasteiger partial charge in [-0.1, -0.05) is 24.3 Å². The number of pyridine rings is 1. The molecule has 2 saturated heterocycles. The van der Waals surface area contributed by atoms with Gasteiger partial charge in [0.05, 0.1) is 0 Å². The molecule has 2 aromatic heterocycles. The lowest BCUT2D eigenvalue weighted by Gasteiger charge is -2.33. The number of carbonyl (C=O) groups excluding carboxylic acids is 1. The summed E-state index contributed by atoms with van der Waals surface area (Å²) in [4.78, 5) is 22.0. The Morgan fingerprint density at radius 2 is 2.07 bits per heavy atom. The molecule has 2 aliphatic heterocycles. The van der Waals surface area contributed by atoms with Crippen molar-refractivity contribution < 1.29 is 4.79 Å². The maximum Gasteiger partial charge on any atom is 0.223 e. The minimum atomic E-state index is 0.289. The van der Waals surface area contributed by atoms with Crippen LogP contribution >= 0.6 is 11.3 Å². The first-order valence-corrected chi connectivity index (χ1v) is 11.6. The fourth-order valence-electron chi connectivity index (χ4n) is 4.17. The number of hydrogen-bond acceptors (Lipinski definition) is 7. The van der Waals surface area contributed by atoms with Gasteiger partial charge in [-0.05, 0) is 57.3 Å². The highest BCUT2D eigenvalue weighted by atomic mass is 32.1. The molecule has 2 fully saturated rings. The average Bonchev–Trinajstić information content (AvgIpc) is 3.44. The normalized spacial score (nSPS) is 20.2. The molecule has 4 rings (SSSR count). The Bertz CT molecular complexity index is 819. The van der Waals surface area contributed by atoms with E-state index in [1.54, 1.807) is 11.3 Å². The average molecular weight is 415 g/mol. The van der Waals surface area contributed by atoms with E-state index in [0.717, 1.165) is 73.6 Å². The molecule has 0 spiro atoms. The quantitative estimate of drug-likeness (QED) is 0.748. The molecule has 0 saturated carbocycles. The number of carbonyl (C=O) groups is 1. The highest BCUT2D eigenvalue weighted by Gasteiger charge is 2.26. The third-order valence-corrected chi connectivity index (χ3v) is 6.79. The second kappa shape index (κ2) is 9.63. The molecule has 0 radical (unpaired) electrons. The molecule has 156 valence electrons. The van der Waals surface area contributed by atoms with Crippen molar-refractivity contribution in [3.05, 3.63) is 28.9 Å². The van der Waals surface area contributed by atoms with Gasteiger partial charge in [-0.3, -0.25) is 4.79 Å². The minimum absolute atomic E-state index is 0.289. The molecule has 2 aliphatic rings. The number of nitrogens with one attached hydrogen (secondary N) is 1. The van der Waals surface area contributed by atoms with Crippen molar-refractivity contribution >= 4 is 28.2 Å². The van der Waals surface area contributed by atoms with Crippen molar-refractivity contribution in [1.82, 2.24) is 25.0 Å². The van der Waals surface area contributed by atoms with Gasteiger partial charge in [-0.25, -0.2) is 4.98 Å². The van der Waals surface area contributed by atoms with Crippen LogP contribution in [0.1, 0.15) is 55.6 Å². The first kappa shape index (κ1) is 20.2. The first-order valence-electron chi connectivity index (χ1n) is 10.8. The largest absolute Gasteiger partial charge is 0.342 e. The second-order valence-corrected chi connectivity index (χ2v) is 8.97. The maximum atomic E-state index is 12.7. The van der Waals surface area contributed by atoms with Crippen LogP contribution in [0.25, 0.3) is 0 Å². The van der Waals surface area contributed by atoms with Crippen molar-refractivity contribution in [2.45, 2.75) is 51.4 Å². The van der Waals surface area contributed by atoms with Crippen LogP contribution in [0.3, 0.4) is 0 Å². The predicted molar refractivity (Wildman–Crippen MR) is 116 cm³/mol. The number of hydrogen-bond donors (Lipinski definition) is 1. The van der Waals surface area contributed by atoms with Crippen LogP contribution in [0.15, 0.2) is 18.2 Å². The van der Waals surface area contributed by atoms with E-state index in [4.69, 9.17) is 4.98 Å². The lowest BCUT2D eigenvalue weighted by atomic mass is 9.94. The van der Waals surface area contributed by atoms with Crippen molar-refractivity contribution in [2.75, 3.05) is 38.0 Å². The molecule has 0 bridgehead atoms. The van der Waals surface area contributed by atoms with Crippen LogP contribution in [0.5, 0.6) is 0 Å². The molecule has 29 heavy (non-hydrogen) atoms. The van der Waals surface area contributed by atoms with E-state index in [9.17, 15) is 4.79 Å². The number of aryl methyl sites for hydroxylation is 1. The van der Waals surface area contributed by atoms with Crippen molar-refractivity contribution in [3.63, 3.8) is 0 Å². The molecule has 2 aromatic rings. The van der Waals surface area contributed by atoms with Gasteiger partial charge in [0.15, 0.2) is 0 Å². The summed E-state index contributed by atoms with van der Waals surface area (Å²) in [6, 6.07) is 6.06. The summed E-state index contributed by atoms with van der Waals surface area (Å²) < 4.78 is 0. The lowest BCUT2D eigenvalue weighted by molar-refractivity contribution is -0.132. The van der Waals surface area contributed by atoms with Gasteiger partial charge in [0, 0.05) is 37.7 Å². The summed E-state index contributed by atoms with van der Waals surface area (Å²) >= 11 is 1.56. The van der Waals surface area contributed by atoms with E-state index in [1.165, 1.54) is 12.8 Å². The number of rotatable bonds is 7. The Morgan fingerprint density at radius 3 is 2.86 bits per heavy atom. The molecule has 1 atom stereocenters. The minimum Gasteiger partial charge on any atom is -0.342 e. The van der Waals surface area contributed by atoms with Crippen LogP contribution in [-0.4, -0.2) is 63.6 Å². The van der Waals surface area contributed by atoms with Crippen LogP contribution in [-0.2, 0) is 11.2 Å². The second-order valence-electron chi connectivity index (χ2n) is 7.90. The summed E-state index contributed by atoms with van der Waals surface area (Å²) in [6.07, 6.45) is 6.18. The molecule has 7 nitrogen and oxygen atoms in total. The molecule has 1 N–H and O–H groups in total. The van der Waals surface area contributed by atoms with Gasteiger partial charge in [-0.2, -0.15) is 0 Å². The maximum absolute atomic E-state index is 12.7. The monoisotopic (exact) mass is 414 g/mol. The van der Waals surface area contributed by atoms with E-state index >= 15 is 0 Å². The van der Waals surface area contributed by atoms with Crippen molar-refractivity contribution in [2.24, 2.45) is 0 Å². The van der Waals surface area contributed by atoms with Gasteiger partial charge >= 0.3 is 0 Å². The molecule has 1 unspecified atom stereocenters. The van der Waals surface area contributed by atoms with Crippen molar-refractivity contribution in [3.8, 4) is 0 Å². The summed E-state index contributed by atoms with van der Waals surface area (Å²) in [6.45, 7) is 6.91. The summed E-state index contributed by atoms with van der Waals surface area (Å²) in [5, 5.41) is 13.4. The fraction of sp³-hybridized carbons (Fsp3) is 0.619. The number of nitrogens with zero attached hydrogens (tertiary/aromatic N) is 5. The number of likely N-dealkylation sites (tertiary alicyclic amines) is 2. The van der Waals surface area contributed by atoms with Crippen LogP contribution in [0.2, 0.25) is 0 Å². The highest BCUT2D eigenvalue weighted by Crippen LogP contribution is 2.28. The van der Waals surface area contributed by atoms with E-state index < -0.39 is 0 Å². The smallest absolute Gasteiger partial charge is 0.223 e. The zero-order valence-corrected chi connectivity index (χ0v) is 18.0. The van der Waals surface area contributed by atoms with Crippen LogP contribution in [0, 0.1) is 0 Å². The Hall–Kier alpha value is -2.06. The van der Waals surface area contributed by atoms with Gasteiger partial charge in [0.2, 0.25) is 11.0 Å². The lowest BCUT2D eigenvalue weighted by Crippen LogP contribution is -2.40. The zero-order valence-electron chi connectivity index (χ0n) is 17.1. The SMILES string of the molecule is CCc1nnc(Nc2cccc(C3CCCN(C(=O)CCN4CCCC4)C3)n2)s1. The van der Waals surface area contributed by atoms with Crippen molar-refractivity contribution in [1.29, 1.82) is 0 Å². The van der Waals surface area contributed by atoms with E-state index in [-0.39, 0.29) is 5.91 Å². The summed E-state index contributed by atoms with van der Waals surface area (Å²) in [5.41, 5.74) is 1.05. The Labute approximate surface area is 176 Å². The van der Waals surface area contributed by atoms with E-state index in [1.807, 2.05) is 17.0 Å². The molecule has 4 heterocycles. The third-order valence-electron chi connectivity index (χ3n) is 5.81. The van der Waals surface area contributed by atoms with Gasteiger partial charge in [-0.15, -0.1) is 10.2 Å². The third kappa shape index (κ3) is 5.30. The van der Waals surface area contributed by atoms with Gasteiger partial charge < -0.3 is 15.1 Å². The van der Waals surface area contributed by atoms with E-state index in [0.29, 0.717) is 12.3 Å². The Morgan fingerprint density at radius 1 is 1.21 bits per heavy atom. The molecule has 0 aromatic carbocycles. The predicted octanol–water partition coefficient (Wildman–Crippen LogP) is 3.43. The zero-order chi connectivity index (χ0) is 20.1. The Kier molecular flexibility index (Phi) is 6.71. The van der Waals surface area contributed by atoms with Crippen LogP contribution in [0.4, 0.5) is 10.9 Å². The number of anilines is 2. The topological polar surface area (TPSA) is 74.2 Å². The molecular formula is C21H30N6OS. The van der Waals surface area contributed by atoms with Gasteiger partial charge in [0.1, 0.15) is 10.8 Å². The number of piperidine rings is 1. The number of aromatic nitrogens is 3.